The third kappa shape index (κ3) is 2.70. The standard InChI is InChI=1S/C12H17NO4S/c1-4-10(12(14)15)13(3)18(16,17)11-8-6-5-7-9(11)2/h5-8,10H,4H2,1-3H3,(H,14,15). The third-order valence-electron chi connectivity index (χ3n) is 2.86. The number of sulfonamides is 1. The summed E-state index contributed by atoms with van der Waals surface area (Å²) in [4.78, 5) is 11.2. The highest BCUT2D eigenvalue weighted by Gasteiger charge is 2.32. The molecule has 6 heteroatoms. The van der Waals surface area contributed by atoms with Crippen molar-refractivity contribution in [3.63, 3.8) is 0 Å². The minimum absolute atomic E-state index is 0.146. The molecule has 1 N–H and O–H groups in total. The zero-order valence-corrected chi connectivity index (χ0v) is 11.4. The van der Waals surface area contributed by atoms with Gasteiger partial charge in [0.15, 0.2) is 0 Å². The van der Waals surface area contributed by atoms with Gasteiger partial charge in [0, 0.05) is 7.05 Å². The van der Waals surface area contributed by atoms with E-state index in [1.165, 1.54) is 13.1 Å². The zero-order valence-electron chi connectivity index (χ0n) is 10.6. The van der Waals surface area contributed by atoms with Crippen molar-refractivity contribution >= 4 is 16.0 Å². The number of rotatable bonds is 5. The molecule has 0 heterocycles. The zero-order chi connectivity index (χ0) is 13.9. The van der Waals surface area contributed by atoms with E-state index in [9.17, 15) is 13.2 Å². The lowest BCUT2D eigenvalue weighted by Crippen LogP contribution is -2.42. The Morgan fingerprint density at radius 2 is 1.94 bits per heavy atom. The Morgan fingerprint density at radius 1 is 1.39 bits per heavy atom. The molecule has 1 unspecified atom stereocenters. The summed E-state index contributed by atoms with van der Waals surface area (Å²) in [6.45, 7) is 3.32. The molecule has 18 heavy (non-hydrogen) atoms. The number of hydrogen-bond acceptors (Lipinski definition) is 3. The van der Waals surface area contributed by atoms with Crippen LogP contribution in [0.15, 0.2) is 29.2 Å². The lowest BCUT2D eigenvalue weighted by atomic mass is 10.2. The smallest absolute Gasteiger partial charge is 0.321 e. The van der Waals surface area contributed by atoms with Gasteiger partial charge in [0.2, 0.25) is 10.0 Å². The maximum absolute atomic E-state index is 12.3. The number of aryl methyl sites for hydroxylation is 1. The first-order valence-corrected chi connectivity index (χ1v) is 7.02. The molecule has 0 amide bonds. The highest BCUT2D eigenvalue weighted by atomic mass is 32.2. The van der Waals surface area contributed by atoms with Crippen molar-refractivity contribution in [2.75, 3.05) is 7.05 Å². The molecular formula is C12H17NO4S. The largest absolute Gasteiger partial charge is 0.480 e. The van der Waals surface area contributed by atoms with Gasteiger partial charge in [-0.15, -0.1) is 0 Å². The highest BCUT2D eigenvalue weighted by Crippen LogP contribution is 2.21. The van der Waals surface area contributed by atoms with Crippen LogP contribution in [0.25, 0.3) is 0 Å². The number of likely N-dealkylation sites (N-methyl/N-ethyl adjacent to an activating group) is 1. The molecule has 0 saturated carbocycles. The van der Waals surface area contributed by atoms with E-state index in [-0.39, 0.29) is 11.3 Å². The van der Waals surface area contributed by atoms with Crippen molar-refractivity contribution < 1.29 is 18.3 Å². The van der Waals surface area contributed by atoms with E-state index in [0.29, 0.717) is 5.56 Å². The Kier molecular flexibility index (Phi) is 4.48. The molecule has 0 fully saturated rings. The SMILES string of the molecule is CCC(C(=O)O)N(C)S(=O)(=O)c1ccccc1C. The summed E-state index contributed by atoms with van der Waals surface area (Å²) in [6.07, 6.45) is 0.219. The van der Waals surface area contributed by atoms with Crippen molar-refractivity contribution in [3.8, 4) is 0 Å². The molecule has 0 bridgehead atoms. The van der Waals surface area contributed by atoms with E-state index >= 15 is 0 Å². The van der Waals surface area contributed by atoms with Gasteiger partial charge in [0.1, 0.15) is 6.04 Å². The van der Waals surface area contributed by atoms with E-state index in [4.69, 9.17) is 5.11 Å². The lowest BCUT2D eigenvalue weighted by Gasteiger charge is -2.23. The second kappa shape index (κ2) is 5.49. The summed E-state index contributed by atoms with van der Waals surface area (Å²) in [5, 5.41) is 9.02. The molecule has 0 aliphatic carbocycles. The van der Waals surface area contributed by atoms with Crippen LogP contribution in [0.5, 0.6) is 0 Å². The summed E-state index contributed by atoms with van der Waals surface area (Å²) in [5.41, 5.74) is 0.601. The highest BCUT2D eigenvalue weighted by molar-refractivity contribution is 7.89. The second-order valence-electron chi connectivity index (χ2n) is 4.05. The molecule has 1 rings (SSSR count). The monoisotopic (exact) mass is 271 g/mol. The first-order chi connectivity index (χ1) is 8.32. The number of carbonyl (C=O) groups is 1. The molecule has 0 aliphatic rings. The van der Waals surface area contributed by atoms with Crippen LogP contribution in [-0.4, -0.2) is 36.9 Å². The molecule has 100 valence electrons. The molecule has 0 spiro atoms. The number of aliphatic carboxylic acids is 1. The summed E-state index contributed by atoms with van der Waals surface area (Å²) < 4.78 is 25.6. The summed E-state index contributed by atoms with van der Waals surface area (Å²) in [6, 6.07) is 5.48. The molecule has 0 radical (unpaired) electrons. The maximum Gasteiger partial charge on any atom is 0.321 e. The lowest BCUT2D eigenvalue weighted by molar-refractivity contribution is -0.141. The average molecular weight is 271 g/mol. The van der Waals surface area contributed by atoms with Crippen LogP contribution in [0.1, 0.15) is 18.9 Å². The van der Waals surface area contributed by atoms with Crippen LogP contribution in [0, 0.1) is 6.92 Å². The van der Waals surface area contributed by atoms with Gasteiger partial charge >= 0.3 is 5.97 Å². The fraction of sp³-hybridized carbons (Fsp3) is 0.417. The van der Waals surface area contributed by atoms with Gasteiger partial charge in [-0.1, -0.05) is 25.1 Å². The van der Waals surface area contributed by atoms with Gasteiger partial charge in [0.05, 0.1) is 4.90 Å². The van der Waals surface area contributed by atoms with Crippen LogP contribution >= 0.6 is 0 Å². The van der Waals surface area contributed by atoms with E-state index < -0.39 is 22.0 Å². The number of carboxylic acids is 1. The van der Waals surface area contributed by atoms with Crippen LogP contribution in [0.3, 0.4) is 0 Å². The van der Waals surface area contributed by atoms with Crippen molar-refractivity contribution in [1.82, 2.24) is 4.31 Å². The quantitative estimate of drug-likeness (QED) is 0.880. The summed E-state index contributed by atoms with van der Waals surface area (Å²) in [7, 11) is -2.48. The van der Waals surface area contributed by atoms with E-state index in [1.807, 2.05) is 0 Å². The Balaban J connectivity index is 3.23. The molecule has 1 aromatic rings. The van der Waals surface area contributed by atoms with Crippen molar-refractivity contribution in [3.05, 3.63) is 29.8 Å². The van der Waals surface area contributed by atoms with Crippen molar-refractivity contribution in [2.45, 2.75) is 31.2 Å². The van der Waals surface area contributed by atoms with Gasteiger partial charge in [-0.05, 0) is 25.0 Å². The molecule has 1 aromatic carbocycles. The van der Waals surface area contributed by atoms with E-state index in [2.05, 4.69) is 0 Å². The Hall–Kier alpha value is -1.40. The van der Waals surface area contributed by atoms with Gasteiger partial charge in [0.25, 0.3) is 0 Å². The first-order valence-electron chi connectivity index (χ1n) is 5.58. The molecule has 1 atom stereocenters. The Morgan fingerprint density at radius 3 is 2.39 bits per heavy atom. The normalized spacial score (nSPS) is 13.6. The minimum Gasteiger partial charge on any atom is -0.480 e. The van der Waals surface area contributed by atoms with E-state index in [0.717, 1.165) is 4.31 Å². The van der Waals surface area contributed by atoms with E-state index in [1.54, 1.807) is 32.0 Å². The Labute approximate surface area is 107 Å². The van der Waals surface area contributed by atoms with Gasteiger partial charge < -0.3 is 5.11 Å². The number of benzene rings is 1. The molecule has 5 nitrogen and oxygen atoms in total. The maximum atomic E-state index is 12.3. The molecule has 0 saturated heterocycles. The number of nitrogens with zero attached hydrogens (tertiary/aromatic N) is 1. The predicted molar refractivity (Wildman–Crippen MR) is 67.8 cm³/mol. The molecule has 0 aromatic heterocycles. The van der Waals surface area contributed by atoms with Gasteiger partial charge in [-0.2, -0.15) is 4.31 Å². The summed E-state index contributed by atoms with van der Waals surface area (Å²) in [5.74, 6) is -1.14. The number of hydrogen-bond donors (Lipinski definition) is 1. The third-order valence-corrected chi connectivity index (χ3v) is 4.89. The van der Waals surface area contributed by atoms with Crippen LogP contribution in [0.4, 0.5) is 0 Å². The molecule has 0 aliphatic heterocycles. The first kappa shape index (κ1) is 14.7. The van der Waals surface area contributed by atoms with Gasteiger partial charge in [-0.3, -0.25) is 4.79 Å². The Bertz CT molecular complexity index is 539. The fourth-order valence-electron chi connectivity index (χ4n) is 1.76. The second-order valence-corrected chi connectivity index (χ2v) is 6.01. The number of carboxylic acid groups (broad SMARTS) is 1. The summed E-state index contributed by atoms with van der Waals surface area (Å²) >= 11 is 0. The molecular weight excluding hydrogens is 254 g/mol. The fourth-order valence-corrected chi connectivity index (χ4v) is 3.37. The van der Waals surface area contributed by atoms with Crippen LogP contribution in [0.2, 0.25) is 0 Å². The topological polar surface area (TPSA) is 74.7 Å². The van der Waals surface area contributed by atoms with Gasteiger partial charge in [-0.25, -0.2) is 8.42 Å². The van der Waals surface area contributed by atoms with Crippen LogP contribution in [-0.2, 0) is 14.8 Å². The average Bonchev–Trinajstić information content (AvgIpc) is 2.29. The van der Waals surface area contributed by atoms with Crippen LogP contribution < -0.4 is 0 Å². The van der Waals surface area contributed by atoms with Crippen molar-refractivity contribution in [1.29, 1.82) is 0 Å². The van der Waals surface area contributed by atoms with Crippen molar-refractivity contribution in [2.24, 2.45) is 0 Å². The predicted octanol–water partition coefficient (Wildman–Crippen LogP) is 1.48. The minimum atomic E-state index is -3.77.